The van der Waals surface area contributed by atoms with Gasteiger partial charge in [0.25, 0.3) is 0 Å². The molecule has 0 fully saturated rings. The maximum Gasteiger partial charge on any atom is 0.239 e. The van der Waals surface area contributed by atoms with Crippen molar-refractivity contribution in [1.29, 1.82) is 0 Å². The van der Waals surface area contributed by atoms with E-state index in [2.05, 4.69) is 0 Å². The largest absolute Gasteiger partial charge is 0.395 e. The van der Waals surface area contributed by atoms with Crippen molar-refractivity contribution in [3.8, 4) is 0 Å². The molecule has 0 saturated carbocycles. The van der Waals surface area contributed by atoms with Gasteiger partial charge in [0.15, 0.2) is 0 Å². The second kappa shape index (κ2) is 7.73. The highest BCUT2D eigenvalue weighted by Crippen LogP contribution is 1.96. The fourth-order valence-corrected chi connectivity index (χ4v) is 1.06. The molecule has 84 valence electrons. The highest BCUT2D eigenvalue weighted by Gasteiger charge is 2.18. The molecule has 0 saturated heterocycles. The Kier molecular flexibility index (Phi) is 7.37. The standard InChI is InChI=1S/C9H20N2O3/c1-3-8(10)9(13)11(4-6-12)5-7-14-2/h8,12H,3-7,10H2,1-2H3/t8-/m0/s1. The Balaban J connectivity index is 4.10. The summed E-state index contributed by atoms with van der Waals surface area (Å²) in [4.78, 5) is 13.1. The van der Waals surface area contributed by atoms with E-state index >= 15 is 0 Å². The van der Waals surface area contributed by atoms with Crippen LogP contribution in [0.1, 0.15) is 13.3 Å². The van der Waals surface area contributed by atoms with Crippen LogP contribution in [-0.4, -0.2) is 55.4 Å². The van der Waals surface area contributed by atoms with Crippen molar-refractivity contribution in [2.75, 3.05) is 33.4 Å². The van der Waals surface area contributed by atoms with E-state index in [1.165, 1.54) is 4.90 Å². The van der Waals surface area contributed by atoms with Gasteiger partial charge in [0.05, 0.1) is 19.3 Å². The number of aliphatic hydroxyl groups is 1. The lowest BCUT2D eigenvalue weighted by atomic mass is 10.2. The van der Waals surface area contributed by atoms with Gasteiger partial charge < -0.3 is 20.5 Å². The number of methoxy groups -OCH3 is 1. The summed E-state index contributed by atoms with van der Waals surface area (Å²) in [5.74, 6) is -0.126. The van der Waals surface area contributed by atoms with E-state index in [1.807, 2.05) is 6.92 Å². The molecule has 1 amide bonds. The summed E-state index contributed by atoms with van der Waals surface area (Å²) < 4.78 is 4.87. The van der Waals surface area contributed by atoms with E-state index in [9.17, 15) is 4.79 Å². The maximum atomic E-state index is 11.6. The Bertz CT molecular complexity index is 164. The molecule has 0 radical (unpaired) electrons. The van der Waals surface area contributed by atoms with Gasteiger partial charge in [-0.1, -0.05) is 6.92 Å². The average molecular weight is 204 g/mol. The van der Waals surface area contributed by atoms with Gasteiger partial charge in [0.2, 0.25) is 5.91 Å². The number of carbonyl (C=O) groups is 1. The van der Waals surface area contributed by atoms with E-state index in [1.54, 1.807) is 7.11 Å². The van der Waals surface area contributed by atoms with Gasteiger partial charge in [-0.3, -0.25) is 4.79 Å². The number of hydrogen-bond donors (Lipinski definition) is 2. The first kappa shape index (κ1) is 13.4. The molecule has 5 nitrogen and oxygen atoms in total. The zero-order valence-corrected chi connectivity index (χ0v) is 8.90. The molecule has 1 atom stereocenters. The second-order valence-corrected chi connectivity index (χ2v) is 3.06. The molecule has 0 rings (SSSR count). The van der Waals surface area contributed by atoms with Crippen molar-refractivity contribution in [3.63, 3.8) is 0 Å². The van der Waals surface area contributed by atoms with Crippen LogP contribution < -0.4 is 5.73 Å². The van der Waals surface area contributed by atoms with Crippen LogP contribution in [0, 0.1) is 0 Å². The zero-order valence-electron chi connectivity index (χ0n) is 8.90. The number of nitrogens with zero attached hydrogens (tertiary/aromatic N) is 1. The van der Waals surface area contributed by atoms with Gasteiger partial charge >= 0.3 is 0 Å². The van der Waals surface area contributed by atoms with E-state index in [0.29, 0.717) is 26.1 Å². The van der Waals surface area contributed by atoms with E-state index in [0.717, 1.165) is 0 Å². The molecule has 0 aliphatic carbocycles. The van der Waals surface area contributed by atoms with Crippen LogP contribution in [0.5, 0.6) is 0 Å². The molecule has 0 heterocycles. The number of amides is 1. The number of ether oxygens (including phenoxy) is 1. The van der Waals surface area contributed by atoms with Crippen molar-refractivity contribution < 1.29 is 14.6 Å². The Morgan fingerprint density at radius 2 is 2.21 bits per heavy atom. The topological polar surface area (TPSA) is 75.8 Å². The molecule has 0 aromatic carbocycles. The van der Waals surface area contributed by atoms with Crippen LogP contribution in [0.25, 0.3) is 0 Å². The van der Waals surface area contributed by atoms with Crippen LogP contribution in [0.3, 0.4) is 0 Å². The fourth-order valence-electron chi connectivity index (χ4n) is 1.06. The summed E-state index contributed by atoms with van der Waals surface area (Å²) in [6.45, 7) is 3.06. The van der Waals surface area contributed by atoms with Gasteiger partial charge in [0, 0.05) is 20.2 Å². The van der Waals surface area contributed by atoms with Crippen molar-refractivity contribution >= 4 is 5.91 Å². The lowest BCUT2D eigenvalue weighted by molar-refractivity contribution is -0.133. The highest BCUT2D eigenvalue weighted by molar-refractivity contribution is 5.81. The van der Waals surface area contributed by atoms with Gasteiger partial charge in [0.1, 0.15) is 0 Å². The minimum atomic E-state index is -0.474. The van der Waals surface area contributed by atoms with Gasteiger partial charge in [-0.05, 0) is 6.42 Å². The van der Waals surface area contributed by atoms with Crippen LogP contribution in [0.2, 0.25) is 0 Å². The summed E-state index contributed by atoms with van der Waals surface area (Å²) >= 11 is 0. The normalized spacial score (nSPS) is 12.6. The van der Waals surface area contributed by atoms with Crippen LogP contribution in [0.15, 0.2) is 0 Å². The Morgan fingerprint density at radius 1 is 1.57 bits per heavy atom. The third-order valence-electron chi connectivity index (χ3n) is 2.00. The van der Waals surface area contributed by atoms with Crippen molar-refractivity contribution in [2.24, 2.45) is 5.73 Å². The van der Waals surface area contributed by atoms with Crippen LogP contribution in [0.4, 0.5) is 0 Å². The van der Waals surface area contributed by atoms with Crippen LogP contribution in [-0.2, 0) is 9.53 Å². The molecule has 0 bridgehead atoms. The molecule has 0 aliphatic rings. The molecular weight excluding hydrogens is 184 g/mol. The first-order valence-electron chi connectivity index (χ1n) is 4.81. The monoisotopic (exact) mass is 204 g/mol. The number of aliphatic hydroxyl groups excluding tert-OH is 1. The molecule has 5 heteroatoms. The lowest BCUT2D eigenvalue weighted by Gasteiger charge is -2.24. The summed E-state index contributed by atoms with van der Waals surface area (Å²) in [6, 6.07) is -0.474. The molecule has 14 heavy (non-hydrogen) atoms. The Labute approximate surface area is 84.8 Å². The van der Waals surface area contributed by atoms with E-state index in [4.69, 9.17) is 15.6 Å². The van der Waals surface area contributed by atoms with Crippen molar-refractivity contribution in [3.05, 3.63) is 0 Å². The molecule has 0 aliphatic heterocycles. The minimum Gasteiger partial charge on any atom is -0.395 e. The first-order valence-corrected chi connectivity index (χ1v) is 4.81. The predicted molar refractivity (Wildman–Crippen MR) is 53.8 cm³/mol. The average Bonchev–Trinajstić information content (AvgIpc) is 2.22. The van der Waals surface area contributed by atoms with Gasteiger partial charge in [-0.2, -0.15) is 0 Å². The summed E-state index contributed by atoms with van der Waals surface area (Å²) in [7, 11) is 1.57. The van der Waals surface area contributed by atoms with Crippen LogP contribution >= 0.6 is 0 Å². The minimum absolute atomic E-state index is 0.0497. The SMILES string of the molecule is CC[C@H](N)C(=O)N(CCO)CCOC. The quantitative estimate of drug-likeness (QED) is 0.569. The van der Waals surface area contributed by atoms with Gasteiger partial charge in [-0.25, -0.2) is 0 Å². The summed E-state index contributed by atoms with van der Waals surface area (Å²) in [6.07, 6.45) is 0.605. The third kappa shape index (κ3) is 4.55. The molecule has 0 aromatic rings. The third-order valence-corrected chi connectivity index (χ3v) is 2.00. The molecule has 0 unspecified atom stereocenters. The van der Waals surface area contributed by atoms with Gasteiger partial charge in [-0.15, -0.1) is 0 Å². The van der Waals surface area contributed by atoms with E-state index in [-0.39, 0.29) is 12.5 Å². The highest BCUT2D eigenvalue weighted by atomic mass is 16.5. The summed E-state index contributed by atoms with van der Waals surface area (Å²) in [5.41, 5.74) is 5.61. The molecule has 0 aromatic heterocycles. The summed E-state index contributed by atoms with van der Waals surface area (Å²) in [5, 5.41) is 8.76. The maximum absolute atomic E-state index is 11.6. The smallest absolute Gasteiger partial charge is 0.239 e. The van der Waals surface area contributed by atoms with Crippen molar-refractivity contribution in [1.82, 2.24) is 4.90 Å². The molecule has 0 spiro atoms. The molecular formula is C9H20N2O3. The second-order valence-electron chi connectivity index (χ2n) is 3.06. The predicted octanol–water partition coefficient (Wildman–Crippen LogP) is -0.809. The number of rotatable bonds is 7. The van der Waals surface area contributed by atoms with Crippen molar-refractivity contribution in [2.45, 2.75) is 19.4 Å². The lowest BCUT2D eigenvalue weighted by Crippen LogP contribution is -2.45. The Hall–Kier alpha value is -0.650. The number of nitrogens with two attached hydrogens (primary N) is 1. The number of hydrogen-bond acceptors (Lipinski definition) is 4. The fraction of sp³-hybridized carbons (Fsp3) is 0.889. The number of carbonyl (C=O) groups excluding carboxylic acids is 1. The first-order chi connectivity index (χ1) is 6.67. The Morgan fingerprint density at radius 3 is 2.64 bits per heavy atom. The van der Waals surface area contributed by atoms with E-state index < -0.39 is 6.04 Å². The molecule has 3 N–H and O–H groups in total. The zero-order chi connectivity index (χ0) is 11.0.